The second-order valence-corrected chi connectivity index (χ2v) is 17.0. The summed E-state index contributed by atoms with van der Waals surface area (Å²) >= 11 is 0. The molecule has 2 heterocycles. The van der Waals surface area contributed by atoms with Crippen LogP contribution in [-0.4, -0.2) is 19.9 Å². The van der Waals surface area contributed by atoms with E-state index in [0.29, 0.717) is 11.6 Å². The monoisotopic (exact) mass is 838 g/mol. The molecule has 4 heteroatoms. The van der Waals surface area contributed by atoms with E-state index in [0.717, 1.165) is 66.6 Å². The number of aromatic nitrogens is 4. The number of hydrogen-bond donors (Lipinski definition) is 0. The average molecular weight is 839 g/mol. The van der Waals surface area contributed by atoms with Crippen molar-refractivity contribution in [2.75, 3.05) is 0 Å². The smallest absolute Gasteiger partial charge is 0.160 e. The molecular formula is C62H38N4. The molecule has 0 bridgehead atoms. The zero-order valence-electron chi connectivity index (χ0n) is 35.7. The normalized spacial score (nSPS) is 11.6. The summed E-state index contributed by atoms with van der Waals surface area (Å²) in [7, 11) is 0. The van der Waals surface area contributed by atoms with Crippen molar-refractivity contribution in [1.82, 2.24) is 19.9 Å². The first-order chi connectivity index (χ1) is 32.7. The van der Waals surface area contributed by atoms with E-state index >= 15 is 0 Å². The first-order valence-corrected chi connectivity index (χ1v) is 22.4. The molecule has 66 heavy (non-hydrogen) atoms. The standard InChI is InChI=1S/C62H38N4/c1-3-17-51-39(11-1)23-29-47-35-45(31-33-53(47)51)43-13-9-15-49(37-43)59-55-19-5-7-21-57(55)63-61(65-59)41-25-27-42(28-26-41)62-64-58-22-8-6-20-56(58)60(66-62)50-16-10-14-44(38-50)46-32-34-54-48(36-46)30-24-40-12-2-4-18-52(40)54/h1-38H. The number of rotatable bonds is 6. The Morgan fingerprint density at radius 1 is 0.197 bits per heavy atom. The Morgan fingerprint density at radius 3 is 1.02 bits per heavy atom. The molecule has 2 aromatic heterocycles. The molecule has 0 fully saturated rings. The Bertz CT molecular complexity index is 3800. The molecule has 13 aromatic rings. The van der Waals surface area contributed by atoms with E-state index in [1.54, 1.807) is 0 Å². The van der Waals surface area contributed by atoms with Gasteiger partial charge in [-0.15, -0.1) is 0 Å². The summed E-state index contributed by atoms with van der Waals surface area (Å²) in [6, 6.07) is 81.8. The van der Waals surface area contributed by atoms with Crippen molar-refractivity contribution in [3.63, 3.8) is 0 Å². The minimum atomic E-state index is 0.664. The maximum Gasteiger partial charge on any atom is 0.160 e. The zero-order valence-corrected chi connectivity index (χ0v) is 35.7. The van der Waals surface area contributed by atoms with E-state index in [-0.39, 0.29) is 0 Å². The van der Waals surface area contributed by atoms with Gasteiger partial charge in [0.15, 0.2) is 11.6 Å². The van der Waals surface area contributed by atoms with Crippen molar-refractivity contribution < 1.29 is 0 Å². The Kier molecular flexibility index (Phi) is 8.81. The lowest BCUT2D eigenvalue weighted by Gasteiger charge is -2.13. The lowest BCUT2D eigenvalue weighted by atomic mass is 9.95. The second kappa shape index (κ2) is 15.4. The third kappa shape index (κ3) is 6.55. The fourth-order valence-electron chi connectivity index (χ4n) is 9.70. The molecule has 13 rings (SSSR count). The number of fused-ring (bicyclic) bond motifs is 8. The van der Waals surface area contributed by atoms with E-state index < -0.39 is 0 Å². The van der Waals surface area contributed by atoms with Crippen LogP contribution in [0.4, 0.5) is 0 Å². The van der Waals surface area contributed by atoms with Crippen LogP contribution >= 0.6 is 0 Å². The molecule has 0 aliphatic rings. The van der Waals surface area contributed by atoms with Gasteiger partial charge in [-0.05, 0) is 102 Å². The Hall–Kier alpha value is -8.86. The Morgan fingerprint density at radius 2 is 0.545 bits per heavy atom. The first kappa shape index (κ1) is 37.7. The summed E-state index contributed by atoms with van der Waals surface area (Å²) in [4.78, 5) is 20.7. The highest BCUT2D eigenvalue weighted by molar-refractivity contribution is 6.10. The largest absolute Gasteiger partial charge is 0.228 e. The predicted molar refractivity (Wildman–Crippen MR) is 275 cm³/mol. The molecule has 11 aromatic carbocycles. The van der Waals surface area contributed by atoms with Crippen LogP contribution in [0.15, 0.2) is 231 Å². The van der Waals surface area contributed by atoms with Gasteiger partial charge in [-0.1, -0.05) is 194 Å². The molecule has 0 spiro atoms. The molecule has 0 saturated carbocycles. The topological polar surface area (TPSA) is 51.6 Å². The number of benzene rings is 11. The van der Waals surface area contributed by atoms with Gasteiger partial charge in [0.2, 0.25) is 0 Å². The molecule has 4 nitrogen and oxygen atoms in total. The van der Waals surface area contributed by atoms with Crippen LogP contribution in [0.1, 0.15) is 0 Å². The van der Waals surface area contributed by atoms with E-state index in [1.807, 2.05) is 12.1 Å². The Labute approximate surface area is 381 Å². The van der Waals surface area contributed by atoms with Crippen LogP contribution in [0.3, 0.4) is 0 Å². The van der Waals surface area contributed by atoms with Crippen LogP contribution in [0.2, 0.25) is 0 Å². The van der Waals surface area contributed by atoms with E-state index in [9.17, 15) is 0 Å². The van der Waals surface area contributed by atoms with Gasteiger partial charge in [0.05, 0.1) is 22.4 Å². The van der Waals surface area contributed by atoms with Gasteiger partial charge in [0.25, 0.3) is 0 Å². The van der Waals surface area contributed by atoms with Crippen molar-refractivity contribution in [1.29, 1.82) is 0 Å². The predicted octanol–water partition coefficient (Wildman–Crippen LogP) is 16.2. The van der Waals surface area contributed by atoms with E-state index in [4.69, 9.17) is 19.9 Å². The third-order valence-electron chi connectivity index (χ3n) is 13.0. The summed E-state index contributed by atoms with van der Waals surface area (Å²) in [5, 5.41) is 12.0. The van der Waals surface area contributed by atoms with Crippen LogP contribution < -0.4 is 0 Å². The maximum atomic E-state index is 5.28. The molecule has 0 N–H and O–H groups in total. The lowest BCUT2D eigenvalue weighted by molar-refractivity contribution is 1.22. The molecule has 306 valence electrons. The summed E-state index contributed by atoms with van der Waals surface area (Å²) in [6.45, 7) is 0. The van der Waals surface area contributed by atoms with E-state index in [2.05, 4.69) is 218 Å². The minimum Gasteiger partial charge on any atom is -0.228 e. The molecule has 0 saturated heterocycles. The van der Waals surface area contributed by atoms with Crippen molar-refractivity contribution in [3.05, 3.63) is 231 Å². The number of nitrogens with zero attached hydrogens (tertiary/aromatic N) is 4. The van der Waals surface area contributed by atoms with E-state index in [1.165, 1.54) is 54.2 Å². The minimum absolute atomic E-state index is 0.664. The molecule has 0 atom stereocenters. The number of hydrogen-bond acceptors (Lipinski definition) is 4. The first-order valence-electron chi connectivity index (χ1n) is 22.4. The van der Waals surface area contributed by atoms with Crippen molar-refractivity contribution in [3.8, 4) is 67.5 Å². The number of para-hydroxylation sites is 2. The highest BCUT2D eigenvalue weighted by Gasteiger charge is 2.16. The molecule has 0 amide bonds. The van der Waals surface area contributed by atoms with Crippen molar-refractivity contribution in [2.45, 2.75) is 0 Å². The third-order valence-corrected chi connectivity index (χ3v) is 13.0. The lowest BCUT2D eigenvalue weighted by Crippen LogP contribution is -1.97. The maximum absolute atomic E-state index is 5.28. The van der Waals surface area contributed by atoms with Gasteiger partial charge < -0.3 is 0 Å². The van der Waals surface area contributed by atoms with Crippen LogP contribution in [0.25, 0.3) is 132 Å². The van der Waals surface area contributed by atoms with Gasteiger partial charge in [0, 0.05) is 33.0 Å². The molecule has 0 radical (unpaired) electrons. The zero-order chi connectivity index (χ0) is 43.6. The molecular weight excluding hydrogens is 801 g/mol. The summed E-state index contributed by atoms with van der Waals surface area (Å²) in [5.74, 6) is 1.33. The van der Waals surface area contributed by atoms with Gasteiger partial charge in [-0.25, -0.2) is 19.9 Å². The second-order valence-electron chi connectivity index (χ2n) is 17.0. The van der Waals surface area contributed by atoms with Gasteiger partial charge in [-0.2, -0.15) is 0 Å². The quantitative estimate of drug-likeness (QED) is 0.157. The molecule has 0 aliphatic heterocycles. The molecule has 0 aliphatic carbocycles. The van der Waals surface area contributed by atoms with Crippen LogP contribution in [0.5, 0.6) is 0 Å². The fourth-order valence-corrected chi connectivity index (χ4v) is 9.70. The van der Waals surface area contributed by atoms with Gasteiger partial charge in [-0.3, -0.25) is 0 Å². The van der Waals surface area contributed by atoms with Gasteiger partial charge >= 0.3 is 0 Å². The van der Waals surface area contributed by atoms with Gasteiger partial charge in [0.1, 0.15) is 0 Å². The summed E-state index contributed by atoms with van der Waals surface area (Å²) in [5.41, 5.74) is 12.1. The fraction of sp³-hybridized carbons (Fsp3) is 0. The average Bonchev–Trinajstić information content (AvgIpc) is 3.40. The highest BCUT2D eigenvalue weighted by atomic mass is 14.9. The van der Waals surface area contributed by atoms with Crippen molar-refractivity contribution >= 4 is 64.9 Å². The SMILES string of the molecule is c1cc(-c2ccc3c(ccc4ccccc43)c2)cc(-c2nc(-c3ccc(-c4nc(-c5cccc(-c6ccc7c(ccc8ccccc87)c6)c5)c5ccccc5n4)cc3)nc3ccccc23)c1. The molecule has 0 unspecified atom stereocenters. The van der Waals surface area contributed by atoms with Crippen LogP contribution in [-0.2, 0) is 0 Å². The van der Waals surface area contributed by atoms with Crippen molar-refractivity contribution in [2.24, 2.45) is 0 Å². The summed E-state index contributed by atoms with van der Waals surface area (Å²) in [6.07, 6.45) is 0. The van der Waals surface area contributed by atoms with Crippen LogP contribution in [0, 0.1) is 0 Å². The Balaban J connectivity index is 0.848. The highest BCUT2D eigenvalue weighted by Crippen LogP contribution is 2.37. The summed E-state index contributed by atoms with van der Waals surface area (Å²) < 4.78 is 0.